The molecule has 2 aromatic rings. The highest BCUT2D eigenvalue weighted by Crippen LogP contribution is 2.37. The first-order valence-corrected chi connectivity index (χ1v) is 10.4. The van der Waals surface area contributed by atoms with Crippen molar-refractivity contribution in [2.45, 2.75) is 31.6 Å². The molecule has 0 aliphatic rings. The second kappa shape index (κ2) is 10.6. The lowest BCUT2D eigenvalue weighted by Gasteiger charge is -2.21. The van der Waals surface area contributed by atoms with E-state index in [-0.39, 0.29) is 11.0 Å². The molecule has 2 rings (SSSR count). The number of carbonyl (C=O) groups is 2. The third kappa shape index (κ3) is 7.24. The van der Waals surface area contributed by atoms with E-state index >= 15 is 0 Å². The zero-order valence-electron chi connectivity index (χ0n) is 16.9. The summed E-state index contributed by atoms with van der Waals surface area (Å²) < 4.78 is 5.25. The van der Waals surface area contributed by atoms with Crippen molar-refractivity contribution >= 4 is 23.5 Å². The summed E-state index contributed by atoms with van der Waals surface area (Å²) in [5.74, 6) is -0.976. The Morgan fingerprint density at radius 2 is 1.66 bits per heavy atom. The van der Waals surface area contributed by atoms with E-state index in [1.807, 2.05) is 57.2 Å². The van der Waals surface area contributed by atoms with Crippen LogP contribution in [0.4, 0.5) is 0 Å². The van der Waals surface area contributed by atoms with Gasteiger partial charge in [-0.3, -0.25) is 4.79 Å². The van der Waals surface area contributed by atoms with Gasteiger partial charge in [0.15, 0.2) is 5.78 Å². The standard InChI is InChI=1S/C24H25NO3S/c1-24(2,3)28-21(26)15-10-16-29-23(19-13-8-5-9-14-19)20(17-25)22(27)18-11-6-4-7-12-18/h4-15,20,23H,16H2,1-3H3/b15-10+. The van der Waals surface area contributed by atoms with Gasteiger partial charge in [0.1, 0.15) is 11.5 Å². The lowest BCUT2D eigenvalue weighted by molar-refractivity contribution is -0.148. The zero-order chi connectivity index (χ0) is 21.3. The first kappa shape index (κ1) is 22.4. The molecular formula is C24H25NO3S. The summed E-state index contributed by atoms with van der Waals surface area (Å²) in [7, 11) is 0. The van der Waals surface area contributed by atoms with Gasteiger partial charge in [0, 0.05) is 17.4 Å². The number of benzene rings is 2. The van der Waals surface area contributed by atoms with Crippen molar-refractivity contribution in [3.63, 3.8) is 0 Å². The van der Waals surface area contributed by atoms with Crippen LogP contribution in [0.1, 0.15) is 41.9 Å². The fourth-order valence-corrected chi connectivity index (χ4v) is 3.85. The van der Waals surface area contributed by atoms with Crippen molar-refractivity contribution in [2.24, 2.45) is 5.92 Å². The van der Waals surface area contributed by atoms with E-state index < -0.39 is 17.5 Å². The summed E-state index contributed by atoms with van der Waals surface area (Å²) >= 11 is 1.45. The molecule has 2 atom stereocenters. The maximum absolute atomic E-state index is 13.0. The van der Waals surface area contributed by atoms with Crippen LogP contribution in [-0.4, -0.2) is 23.1 Å². The van der Waals surface area contributed by atoms with Gasteiger partial charge in [0.05, 0.1) is 11.3 Å². The third-order valence-electron chi connectivity index (χ3n) is 3.94. The monoisotopic (exact) mass is 407 g/mol. The number of carbonyl (C=O) groups excluding carboxylic acids is 2. The van der Waals surface area contributed by atoms with Crippen LogP contribution in [0, 0.1) is 17.2 Å². The van der Waals surface area contributed by atoms with E-state index in [1.54, 1.807) is 30.3 Å². The minimum Gasteiger partial charge on any atom is -0.457 e. The highest BCUT2D eigenvalue weighted by Gasteiger charge is 2.30. The number of Topliss-reactive ketones (excluding diaryl/α,β-unsaturated/α-hetero) is 1. The molecule has 0 saturated carbocycles. The number of nitrogens with zero attached hydrogens (tertiary/aromatic N) is 1. The molecule has 0 amide bonds. The number of thioether (sulfide) groups is 1. The number of nitriles is 1. The number of rotatable bonds is 8. The first-order valence-electron chi connectivity index (χ1n) is 9.37. The fourth-order valence-electron chi connectivity index (χ4n) is 2.71. The van der Waals surface area contributed by atoms with Gasteiger partial charge in [0.25, 0.3) is 0 Å². The van der Waals surface area contributed by atoms with Crippen LogP contribution in [0.25, 0.3) is 0 Å². The van der Waals surface area contributed by atoms with Crippen molar-refractivity contribution in [2.75, 3.05) is 5.75 Å². The Kier molecular flexibility index (Phi) is 8.23. The number of ketones is 1. The molecule has 0 bridgehead atoms. The average molecular weight is 408 g/mol. The SMILES string of the molecule is CC(C)(C)OC(=O)/C=C/CSC(c1ccccc1)C(C#N)C(=O)c1ccccc1. The molecule has 2 unspecified atom stereocenters. The second-order valence-corrected chi connectivity index (χ2v) is 8.61. The molecule has 0 aliphatic carbocycles. The Hall–Kier alpha value is -2.84. The van der Waals surface area contributed by atoms with Gasteiger partial charge in [-0.05, 0) is 26.3 Å². The van der Waals surface area contributed by atoms with Gasteiger partial charge >= 0.3 is 5.97 Å². The molecule has 0 heterocycles. The topological polar surface area (TPSA) is 67.2 Å². The summed E-state index contributed by atoms with van der Waals surface area (Å²) in [5, 5.41) is 9.44. The quantitative estimate of drug-likeness (QED) is 0.334. The molecule has 0 N–H and O–H groups in total. The summed E-state index contributed by atoms with van der Waals surface area (Å²) in [5.41, 5.74) is 0.874. The Labute approximate surface area is 176 Å². The van der Waals surface area contributed by atoms with E-state index in [4.69, 9.17) is 4.74 Å². The van der Waals surface area contributed by atoms with Gasteiger partial charge in [0.2, 0.25) is 0 Å². The zero-order valence-corrected chi connectivity index (χ0v) is 17.7. The molecule has 0 aromatic heterocycles. The lowest BCUT2D eigenvalue weighted by atomic mass is 9.92. The molecule has 0 radical (unpaired) electrons. The molecule has 2 aromatic carbocycles. The predicted molar refractivity (Wildman–Crippen MR) is 117 cm³/mol. The maximum Gasteiger partial charge on any atom is 0.330 e. The van der Waals surface area contributed by atoms with Gasteiger partial charge < -0.3 is 4.74 Å². The molecule has 0 aliphatic heterocycles. The average Bonchev–Trinajstić information content (AvgIpc) is 2.70. The van der Waals surface area contributed by atoms with Crippen LogP contribution in [0.3, 0.4) is 0 Å². The highest BCUT2D eigenvalue weighted by molar-refractivity contribution is 7.99. The molecular weight excluding hydrogens is 382 g/mol. The number of hydrogen-bond donors (Lipinski definition) is 0. The summed E-state index contributed by atoms with van der Waals surface area (Å²) in [4.78, 5) is 24.8. The second-order valence-electron chi connectivity index (χ2n) is 7.44. The molecule has 29 heavy (non-hydrogen) atoms. The van der Waals surface area contributed by atoms with Crippen LogP contribution in [0.2, 0.25) is 0 Å². The minimum atomic E-state index is -0.834. The van der Waals surface area contributed by atoms with Crippen LogP contribution in [0.5, 0.6) is 0 Å². The molecule has 0 spiro atoms. The number of ether oxygens (including phenoxy) is 1. The van der Waals surface area contributed by atoms with Crippen molar-refractivity contribution in [1.29, 1.82) is 5.26 Å². The molecule has 5 heteroatoms. The maximum atomic E-state index is 13.0. The van der Waals surface area contributed by atoms with Crippen LogP contribution < -0.4 is 0 Å². The number of hydrogen-bond acceptors (Lipinski definition) is 5. The van der Waals surface area contributed by atoms with E-state index in [0.29, 0.717) is 11.3 Å². The van der Waals surface area contributed by atoms with Crippen molar-refractivity contribution in [3.8, 4) is 6.07 Å². The Bertz CT molecular complexity index is 880. The smallest absolute Gasteiger partial charge is 0.330 e. The van der Waals surface area contributed by atoms with E-state index in [0.717, 1.165) is 5.56 Å². The van der Waals surface area contributed by atoms with Gasteiger partial charge in [-0.15, -0.1) is 11.8 Å². The van der Waals surface area contributed by atoms with E-state index in [9.17, 15) is 14.9 Å². The fraction of sp³-hybridized carbons (Fsp3) is 0.292. The van der Waals surface area contributed by atoms with Crippen LogP contribution >= 0.6 is 11.8 Å². The predicted octanol–water partition coefficient (Wildman–Crippen LogP) is 5.38. The highest BCUT2D eigenvalue weighted by atomic mass is 32.2. The van der Waals surface area contributed by atoms with E-state index in [2.05, 4.69) is 6.07 Å². The molecule has 4 nitrogen and oxygen atoms in total. The Morgan fingerprint density at radius 3 is 2.21 bits per heavy atom. The van der Waals surface area contributed by atoms with Crippen LogP contribution in [0.15, 0.2) is 72.8 Å². The third-order valence-corrected chi connectivity index (χ3v) is 5.23. The summed E-state index contributed by atoms with van der Waals surface area (Å²) in [6.45, 7) is 5.43. The van der Waals surface area contributed by atoms with E-state index in [1.165, 1.54) is 17.8 Å². The minimum absolute atomic E-state index is 0.203. The van der Waals surface area contributed by atoms with Crippen molar-refractivity contribution < 1.29 is 14.3 Å². The molecule has 150 valence electrons. The Morgan fingerprint density at radius 1 is 1.07 bits per heavy atom. The van der Waals surface area contributed by atoms with Gasteiger partial charge in [-0.25, -0.2) is 4.79 Å². The lowest BCUT2D eigenvalue weighted by Crippen LogP contribution is -2.22. The molecule has 0 saturated heterocycles. The normalized spacial score (nSPS) is 13.4. The summed E-state index contributed by atoms with van der Waals surface area (Å²) in [6.07, 6.45) is 3.09. The first-order chi connectivity index (χ1) is 13.8. The van der Waals surface area contributed by atoms with Crippen LogP contribution in [-0.2, 0) is 9.53 Å². The number of esters is 1. The van der Waals surface area contributed by atoms with Gasteiger partial charge in [-0.2, -0.15) is 5.26 Å². The molecule has 0 fully saturated rings. The Balaban J connectivity index is 2.16. The van der Waals surface area contributed by atoms with Crippen molar-refractivity contribution in [3.05, 3.63) is 83.9 Å². The largest absolute Gasteiger partial charge is 0.457 e. The summed E-state index contributed by atoms with van der Waals surface area (Å²) in [6, 6.07) is 20.6. The van der Waals surface area contributed by atoms with Gasteiger partial charge in [-0.1, -0.05) is 66.7 Å². The van der Waals surface area contributed by atoms with Crippen molar-refractivity contribution in [1.82, 2.24) is 0 Å².